The number of methoxy groups -OCH3 is 1. The molecule has 0 saturated carbocycles. The first kappa shape index (κ1) is 19.6. The topological polar surface area (TPSA) is 58.6 Å². The molecule has 0 bridgehead atoms. The molecule has 0 atom stereocenters. The Hall–Kier alpha value is -2.73. The molecule has 6 heteroatoms. The molecule has 0 spiro atoms. The Morgan fingerprint density at radius 1 is 1.19 bits per heavy atom. The van der Waals surface area contributed by atoms with E-state index in [9.17, 15) is 9.59 Å². The zero-order valence-corrected chi connectivity index (χ0v) is 15.9. The van der Waals surface area contributed by atoms with Gasteiger partial charge < -0.3 is 15.0 Å². The highest BCUT2D eigenvalue weighted by atomic mass is 32.2. The number of rotatable bonds is 7. The molecule has 0 aliphatic heterocycles. The molecule has 0 unspecified atom stereocenters. The predicted octanol–water partition coefficient (Wildman–Crippen LogP) is 3.53. The summed E-state index contributed by atoms with van der Waals surface area (Å²) in [7, 11) is 3.16. The van der Waals surface area contributed by atoms with Gasteiger partial charge in [0, 0.05) is 29.8 Å². The van der Waals surface area contributed by atoms with Crippen molar-refractivity contribution in [2.24, 2.45) is 0 Å². The highest BCUT2D eigenvalue weighted by Crippen LogP contribution is 2.17. The summed E-state index contributed by atoms with van der Waals surface area (Å²) in [5.74, 6) is 0.147. The van der Waals surface area contributed by atoms with Crippen LogP contribution in [0.2, 0.25) is 0 Å². The summed E-state index contributed by atoms with van der Waals surface area (Å²) in [5, 5.41) is 2.75. The standard InChI is InChI=1S/C20H22N2O3S/c1-22(14-19(23)21-16-5-4-6-17(13-16)25-2)20(24)12-9-15-7-10-18(26-3)11-8-15/h4-13H,14H2,1-3H3,(H,21,23)/b12-9+. The van der Waals surface area contributed by atoms with Gasteiger partial charge in [-0.05, 0) is 42.2 Å². The van der Waals surface area contributed by atoms with E-state index in [-0.39, 0.29) is 18.4 Å². The molecule has 0 aliphatic rings. The number of benzene rings is 2. The molecule has 2 rings (SSSR count). The minimum absolute atomic E-state index is 0.0359. The van der Waals surface area contributed by atoms with Gasteiger partial charge in [-0.25, -0.2) is 0 Å². The van der Waals surface area contributed by atoms with Gasteiger partial charge in [0.15, 0.2) is 0 Å². The van der Waals surface area contributed by atoms with E-state index < -0.39 is 0 Å². The third kappa shape index (κ3) is 5.97. The maximum absolute atomic E-state index is 12.2. The van der Waals surface area contributed by atoms with Gasteiger partial charge in [0.1, 0.15) is 5.75 Å². The molecule has 0 fully saturated rings. The monoisotopic (exact) mass is 370 g/mol. The van der Waals surface area contributed by atoms with E-state index in [4.69, 9.17) is 4.74 Å². The van der Waals surface area contributed by atoms with E-state index in [1.807, 2.05) is 30.5 Å². The molecular formula is C20H22N2O3S. The lowest BCUT2D eigenvalue weighted by Gasteiger charge is -2.15. The van der Waals surface area contributed by atoms with E-state index in [1.165, 1.54) is 15.9 Å². The Morgan fingerprint density at radius 3 is 2.58 bits per heavy atom. The van der Waals surface area contributed by atoms with Crippen LogP contribution in [0.3, 0.4) is 0 Å². The van der Waals surface area contributed by atoms with Crippen LogP contribution in [0.15, 0.2) is 59.5 Å². The molecule has 0 radical (unpaired) electrons. The van der Waals surface area contributed by atoms with Gasteiger partial charge >= 0.3 is 0 Å². The van der Waals surface area contributed by atoms with Crippen LogP contribution in [0, 0.1) is 0 Å². The third-order valence-electron chi connectivity index (χ3n) is 3.64. The quantitative estimate of drug-likeness (QED) is 0.598. The number of anilines is 1. The van der Waals surface area contributed by atoms with Crippen LogP contribution in [0.1, 0.15) is 5.56 Å². The van der Waals surface area contributed by atoms with Crippen LogP contribution in [0.25, 0.3) is 6.08 Å². The van der Waals surface area contributed by atoms with Crippen molar-refractivity contribution in [3.05, 3.63) is 60.2 Å². The molecule has 2 amide bonds. The Bertz CT molecular complexity index is 788. The number of ether oxygens (including phenoxy) is 1. The highest BCUT2D eigenvalue weighted by molar-refractivity contribution is 7.98. The predicted molar refractivity (Wildman–Crippen MR) is 107 cm³/mol. The van der Waals surface area contributed by atoms with Crippen LogP contribution in [0.4, 0.5) is 5.69 Å². The van der Waals surface area contributed by atoms with Crippen LogP contribution in [-0.4, -0.2) is 43.7 Å². The summed E-state index contributed by atoms with van der Waals surface area (Å²) in [6.07, 6.45) is 5.22. The van der Waals surface area contributed by atoms with Crippen molar-refractivity contribution in [3.63, 3.8) is 0 Å². The zero-order chi connectivity index (χ0) is 18.9. The number of thioether (sulfide) groups is 1. The molecule has 0 saturated heterocycles. The number of nitrogens with zero attached hydrogens (tertiary/aromatic N) is 1. The second-order valence-electron chi connectivity index (χ2n) is 5.58. The van der Waals surface area contributed by atoms with Crippen LogP contribution in [-0.2, 0) is 9.59 Å². The van der Waals surface area contributed by atoms with Crippen LogP contribution < -0.4 is 10.1 Å². The summed E-state index contributed by atoms with van der Waals surface area (Å²) < 4.78 is 5.12. The van der Waals surface area contributed by atoms with Gasteiger partial charge in [-0.2, -0.15) is 0 Å². The molecule has 0 aliphatic carbocycles. The minimum atomic E-state index is -0.271. The molecule has 1 N–H and O–H groups in total. The van der Waals surface area contributed by atoms with Crippen molar-refractivity contribution < 1.29 is 14.3 Å². The number of hydrogen-bond acceptors (Lipinski definition) is 4. The van der Waals surface area contributed by atoms with Crippen LogP contribution in [0.5, 0.6) is 5.75 Å². The summed E-state index contributed by atoms with van der Waals surface area (Å²) in [5.41, 5.74) is 1.56. The minimum Gasteiger partial charge on any atom is -0.497 e. The number of nitrogens with one attached hydrogen (secondary N) is 1. The van der Waals surface area contributed by atoms with Crippen molar-refractivity contribution in [2.45, 2.75) is 4.90 Å². The third-order valence-corrected chi connectivity index (χ3v) is 4.39. The number of hydrogen-bond donors (Lipinski definition) is 1. The lowest BCUT2D eigenvalue weighted by atomic mass is 10.2. The summed E-state index contributed by atoms with van der Waals surface area (Å²) in [6.45, 7) is -0.0359. The van der Waals surface area contributed by atoms with Crippen molar-refractivity contribution in [2.75, 3.05) is 32.3 Å². The molecule has 2 aromatic rings. The summed E-state index contributed by atoms with van der Waals surface area (Å²) >= 11 is 1.66. The van der Waals surface area contributed by atoms with E-state index in [0.29, 0.717) is 11.4 Å². The normalized spacial score (nSPS) is 10.6. The number of carbonyl (C=O) groups is 2. The average molecular weight is 370 g/mol. The fourth-order valence-corrected chi connectivity index (χ4v) is 2.61. The molecule has 0 heterocycles. The van der Waals surface area contributed by atoms with Crippen molar-refractivity contribution >= 4 is 35.3 Å². The molecular weight excluding hydrogens is 348 g/mol. The fraction of sp³-hybridized carbons (Fsp3) is 0.200. The maximum atomic E-state index is 12.2. The first-order valence-electron chi connectivity index (χ1n) is 8.03. The van der Waals surface area contributed by atoms with Gasteiger partial charge in [-0.15, -0.1) is 11.8 Å². The second kappa shape index (κ2) is 9.68. The van der Waals surface area contributed by atoms with E-state index >= 15 is 0 Å². The fourth-order valence-electron chi connectivity index (χ4n) is 2.20. The Labute approximate surface area is 158 Å². The molecule has 5 nitrogen and oxygen atoms in total. The largest absolute Gasteiger partial charge is 0.497 e. The van der Waals surface area contributed by atoms with Gasteiger partial charge in [0.05, 0.1) is 13.7 Å². The van der Waals surface area contributed by atoms with Gasteiger partial charge in [-0.3, -0.25) is 9.59 Å². The highest BCUT2D eigenvalue weighted by Gasteiger charge is 2.11. The number of likely N-dealkylation sites (N-methyl/N-ethyl adjacent to an activating group) is 1. The zero-order valence-electron chi connectivity index (χ0n) is 15.1. The second-order valence-corrected chi connectivity index (χ2v) is 6.46. The lowest BCUT2D eigenvalue weighted by Crippen LogP contribution is -2.33. The smallest absolute Gasteiger partial charge is 0.246 e. The first-order chi connectivity index (χ1) is 12.5. The van der Waals surface area contributed by atoms with E-state index in [0.717, 1.165) is 5.56 Å². The summed E-state index contributed by atoms with van der Waals surface area (Å²) in [4.78, 5) is 26.8. The Morgan fingerprint density at radius 2 is 1.92 bits per heavy atom. The Kier molecular flexibility index (Phi) is 7.29. The molecule has 136 valence electrons. The molecule has 26 heavy (non-hydrogen) atoms. The van der Waals surface area contributed by atoms with Crippen molar-refractivity contribution in [3.8, 4) is 5.75 Å². The van der Waals surface area contributed by atoms with Gasteiger partial charge in [0.25, 0.3) is 0 Å². The lowest BCUT2D eigenvalue weighted by molar-refractivity contribution is -0.129. The average Bonchev–Trinajstić information content (AvgIpc) is 2.66. The maximum Gasteiger partial charge on any atom is 0.246 e. The van der Waals surface area contributed by atoms with Crippen molar-refractivity contribution in [1.29, 1.82) is 0 Å². The van der Waals surface area contributed by atoms with Crippen LogP contribution >= 0.6 is 11.8 Å². The van der Waals surface area contributed by atoms with Gasteiger partial charge in [-0.1, -0.05) is 18.2 Å². The Balaban J connectivity index is 1.88. The molecule has 2 aromatic carbocycles. The number of amides is 2. The molecule has 0 aromatic heterocycles. The van der Waals surface area contributed by atoms with E-state index in [2.05, 4.69) is 5.32 Å². The number of carbonyl (C=O) groups excluding carboxylic acids is 2. The SMILES string of the molecule is COc1cccc(NC(=O)CN(C)C(=O)/C=C/c2ccc(SC)cc2)c1. The first-order valence-corrected chi connectivity index (χ1v) is 9.25. The van der Waals surface area contributed by atoms with E-state index in [1.54, 1.807) is 56.3 Å². The summed E-state index contributed by atoms with van der Waals surface area (Å²) in [6, 6.07) is 15.0. The van der Waals surface area contributed by atoms with Gasteiger partial charge in [0.2, 0.25) is 11.8 Å². The van der Waals surface area contributed by atoms with Crippen molar-refractivity contribution in [1.82, 2.24) is 4.90 Å².